The highest BCUT2D eigenvalue weighted by Crippen LogP contribution is 2.32. The van der Waals surface area contributed by atoms with Crippen LogP contribution in [-0.4, -0.2) is 76.3 Å². The van der Waals surface area contributed by atoms with E-state index >= 15 is 0 Å². The third kappa shape index (κ3) is 12.5. The van der Waals surface area contributed by atoms with Crippen LogP contribution in [-0.2, 0) is 35.3 Å². The average molecular weight is 734 g/mol. The van der Waals surface area contributed by atoms with Gasteiger partial charge in [-0.2, -0.15) is 60.7 Å². The molecule has 2 aromatic carbocycles. The van der Waals surface area contributed by atoms with Crippen LogP contribution in [0.2, 0.25) is 0 Å². The lowest BCUT2D eigenvalue weighted by Gasteiger charge is -2.35. The van der Waals surface area contributed by atoms with Crippen molar-refractivity contribution in [2.24, 2.45) is 0 Å². The normalized spacial score (nSPS) is 17.0. The monoisotopic (exact) mass is 732 g/mol. The van der Waals surface area contributed by atoms with E-state index in [4.69, 9.17) is 39.1 Å². The molecule has 2 unspecified atom stereocenters. The van der Waals surface area contributed by atoms with Crippen molar-refractivity contribution in [3.8, 4) is 11.5 Å². The number of ether oxygens (including phenoxy) is 1. The Balaban J connectivity index is 0.000000294. The van der Waals surface area contributed by atoms with E-state index in [1.54, 1.807) is 39.2 Å². The van der Waals surface area contributed by atoms with Crippen LogP contribution < -0.4 is 4.74 Å². The molecule has 1 N–H and O–H groups in total. The quantitative estimate of drug-likeness (QED) is 0.231. The summed E-state index contributed by atoms with van der Waals surface area (Å²) in [4.78, 5) is 24.4. The van der Waals surface area contributed by atoms with E-state index < -0.39 is 41.2 Å². The van der Waals surface area contributed by atoms with Crippen molar-refractivity contribution >= 4 is 51.2 Å². The van der Waals surface area contributed by atoms with Crippen molar-refractivity contribution in [3.05, 3.63) is 58.7 Å². The van der Waals surface area contributed by atoms with Crippen molar-refractivity contribution < 1.29 is 45.8 Å². The molecule has 2 aliphatic carbocycles. The van der Waals surface area contributed by atoms with E-state index in [9.17, 15) is 41.0 Å². The first-order valence-corrected chi connectivity index (χ1v) is 16.4. The van der Waals surface area contributed by atoms with Crippen molar-refractivity contribution in [2.75, 3.05) is 20.2 Å². The van der Waals surface area contributed by atoms with E-state index in [2.05, 4.69) is 0 Å². The summed E-state index contributed by atoms with van der Waals surface area (Å²) in [5.41, 5.74) is 3.93. The van der Waals surface area contributed by atoms with Crippen LogP contribution in [0.25, 0.3) is 0 Å². The van der Waals surface area contributed by atoms with E-state index in [0.29, 0.717) is 57.1 Å². The standard InChI is InChI=1S/C16H20F3NO2.C15H18F3NO2.BCl3/c1-3-8-20(15(21)16(17,18)19)13-6-4-11-5-7-14(22-2)10-12(11)9-13;1-2-7-19(14(21)15(16,17)18)12-5-3-10-4-6-13(20)9-11(10)8-12;2-1(3)4/h5,7,10,13H,3-4,6,8-9H2,1-2H3;4,6,9,12,20H,2-3,5,7-8H2,1H3;. The molecule has 262 valence electrons. The SMILES string of the molecule is CCCN(C(=O)C(F)(F)F)C1CCc2ccc(O)cc2C1.CCCN(C(=O)C(F)(F)F)C1CCc2ccc(OC)cc2C1.ClB(Cl)Cl. The molecular weight excluding hydrogens is 696 g/mol. The number of phenolic OH excluding ortho intramolecular Hbond substituents is 1. The van der Waals surface area contributed by atoms with E-state index in [0.717, 1.165) is 32.1 Å². The first-order valence-electron chi connectivity index (χ1n) is 15.1. The van der Waals surface area contributed by atoms with Crippen LogP contribution in [0.4, 0.5) is 26.3 Å². The fraction of sp³-hybridized carbons (Fsp3) is 0.548. The largest absolute Gasteiger partial charge is 0.508 e. The van der Waals surface area contributed by atoms with Gasteiger partial charge < -0.3 is 19.6 Å². The molecule has 6 nitrogen and oxygen atoms in total. The summed E-state index contributed by atoms with van der Waals surface area (Å²) in [6, 6.07) is 9.71. The van der Waals surface area contributed by atoms with Gasteiger partial charge >= 0.3 is 29.1 Å². The number of methoxy groups -OCH3 is 1. The number of aromatic hydroxyl groups is 1. The van der Waals surface area contributed by atoms with Crippen LogP contribution in [0.5, 0.6) is 11.5 Å². The van der Waals surface area contributed by atoms with Crippen LogP contribution in [0, 0.1) is 0 Å². The molecule has 2 amide bonds. The van der Waals surface area contributed by atoms with Crippen LogP contribution >= 0.6 is 34.4 Å². The second-order valence-electron chi connectivity index (χ2n) is 11.1. The Morgan fingerprint density at radius 2 is 1.19 bits per heavy atom. The van der Waals surface area contributed by atoms with E-state index in [1.165, 1.54) is 0 Å². The highest BCUT2D eigenvalue weighted by atomic mass is 35.6. The van der Waals surface area contributed by atoms with Gasteiger partial charge in [-0.05, 0) is 97.9 Å². The molecule has 2 aromatic rings. The Morgan fingerprint density at radius 1 is 0.787 bits per heavy atom. The molecule has 0 heterocycles. The fourth-order valence-electron chi connectivity index (χ4n) is 5.80. The van der Waals surface area contributed by atoms with Gasteiger partial charge in [0.05, 0.1) is 7.11 Å². The number of hydrogen-bond acceptors (Lipinski definition) is 4. The van der Waals surface area contributed by atoms with Gasteiger partial charge in [0.15, 0.2) is 0 Å². The number of rotatable bonds is 7. The Bertz CT molecular complexity index is 1330. The smallest absolute Gasteiger partial charge is 0.471 e. The van der Waals surface area contributed by atoms with Crippen LogP contribution in [0.15, 0.2) is 36.4 Å². The lowest BCUT2D eigenvalue weighted by atomic mass is 9.87. The van der Waals surface area contributed by atoms with E-state index in [-0.39, 0.29) is 18.8 Å². The predicted molar refractivity (Wildman–Crippen MR) is 172 cm³/mol. The number of carbonyl (C=O) groups excluding carboxylic acids is 2. The van der Waals surface area contributed by atoms with Crippen LogP contribution in [0.3, 0.4) is 0 Å². The molecule has 0 saturated heterocycles. The lowest BCUT2D eigenvalue weighted by molar-refractivity contribution is -0.188. The second-order valence-corrected chi connectivity index (χ2v) is 13.1. The number of carbonyl (C=O) groups is 2. The number of fused-ring (bicyclic) bond motifs is 2. The number of amides is 2. The number of phenols is 1. The molecular formula is C31H38BCl3F6N2O4. The number of aryl methyl sites for hydroxylation is 2. The maximum absolute atomic E-state index is 12.8. The molecule has 0 bridgehead atoms. The Labute approximate surface area is 286 Å². The summed E-state index contributed by atoms with van der Waals surface area (Å²) >= 11 is 14.4. The summed E-state index contributed by atoms with van der Waals surface area (Å²) in [6.45, 7) is 3.75. The molecule has 0 radical (unpaired) electrons. The third-order valence-corrected chi connectivity index (χ3v) is 7.83. The minimum absolute atomic E-state index is 0.0944. The molecule has 0 spiro atoms. The minimum atomic E-state index is -4.84. The molecule has 2 atom stereocenters. The zero-order valence-electron chi connectivity index (χ0n) is 26.2. The van der Waals surface area contributed by atoms with Crippen molar-refractivity contribution in [3.63, 3.8) is 0 Å². The van der Waals surface area contributed by atoms with Crippen LogP contribution in [0.1, 0.15) is 61.8 Å². The fourth-order valence-corrected chi connectivity index (χ4v) is 5.80. The third-order valence-electron chi connectivity index (χ3n) is 7.83. The summed E-state index contributed by atoms with van der Waals surface area (Å²) in [6.07, 6.45) is -5.52. The number of halogens is 9. The topological polar surface area (TPSA) is 70.1 Å². The van der Waals surface area contributed by atoms with Gasteiger partial charge in [0.25, 0.3) is 0 Å². The Morgan fingerprint density at radius 3 is 1.57 bits per heavy atom. The molecule has 0 aromatic heterocycles. The summed E-state index contributed by atoms with van der Waals surface area (Å²) in [5, 5.41) is 9.49. The van der Waals surface area contributed by atoms with Gasteiger partial charge in [-0.25, -0.2) is 0 Å². The van der Waals surface area contributed by atoms with Crippen molar-refractivity contribution in [1.82, 2.24) is 9.80 Å². The molecule has 4 rings (SSSR count). The average Bonchev–Trinajstić information content (AvgIpc) is 3.00. The predicted octanol–water partition coefficient (Wildman–Crippen LogP) is 8.09. The molecule has 2 aliphatic rings. The van der Waals surface area contributed by atoms with Gasteiger partial charge in [0.1, 0.15) is 11.5 Å². The number of nitrogens with zero attached hydrogens (tertiary/aromatic N) is 2. The molecule has 0 saturated carbocycles. The van der Waals surface area contributed by atoms with Gasteiger partial charge in [-0.3, -0.25) is 9.59 Å². The molecule has 16 heteroatoms. The van der Waals surface area contributed by atoms with Gasteiger partial charge in [-0.15, -0.1) is 0 Å². The zero-order valence-corrected chi connectivity index (χ0v) is 28.5. The first-order chi connectivity index (χ1) is 21.9. The summed E-state index contributed by atoms with van der Waals surface area (Å²) in [7, 11) is 1.55. The number of benzene rings is 2. The molecule has 0 fully saturated rings. The highest BCUT2D eigenvalue weighted by Gasteiger charge is 2.45. The van der Waals surface area contributed by atoms with Crippen molar-refractivity contribution in [2.45, 2.75) is 89.7 Å². The lowest BCUT2D eigenvalue weighted by Crippen LogP contribution is -2.49. The Hall–Kier alpha value is -2.51. The number of hydrogen-bond donors (Lipinski definition) is 1. The maximum atomic E-state index is 12.8. The van der Waals surface area contributed by atoms with Gasteiger partial charge in [0, 0.05) is 25.2 Å². The molecule has 0 aliphatic heterocycles. The second kappa shape index (κ2) is 18.3. The number of alkyl halides is 6. The maximum Gasteiger partial charge on any atom is 0.471 e. The zero-order chi connectivity index (χ0) is 35.5. The summed E-state index contributed by atoms with van der Waals surface area (Å²) < 4.78 is 81.6. The highest BCUT2D eigenvalue weighted by molar-refractivity contribution is 7.54. The first kappa shape index (κ1) is 40.7. The van der Waals surface area contributed by atoms with Gasteiger partial charge in [0.2, 0.25) is 0 Å². The van der Waals surface area contributed by atoms with Crippen molar-refractivity contribution in [1.29, 1.82) is 0 Å². The Kier molecular flexibility index (Phi) is 15.8. The minimum Gasteiger partial charge on any atom is -0.508 e. The molecule has 47 heavy (non-hydrogen) atoms. The van der Waals surface area contributed by atoms with E-state index in [1.807, 2.05) is 18.2 Å². The van der Waals surface area contributed by atoms with Gasteiger partial charge in [-0.1, -0.05) is 26.0 Å². The summed E-state index contributed by atoms with van der Waals surface area (Å²) in [5.74, 6) is -2.72.